The van der Waals surface area contributed by atoms with Crippen LogP contribution in [0, 0.1) is 12.7 Å². The van der Waals surface area contributed by atoms with Gasteiger partial charge in [0.15, 0.2) is 0 Å². The van der Waals surface area contributed by atoms with Crippen LogP contribution in [0.3, 0.4) is 0 Å². The third-order valence-electron chi connectivity index (χ3n) is 2.80. The van der Waals surface area contributed by atoms with E-state index in [4.69, 9.17) is 5.73 Å². The van der Waals surface area contributed by atoms with Gasteiger partial charge in [0, 0.05) is 18.3 Å². The number of nitrogens with one attached hydrogen (secondary N) is 1. The van der Waals surface area contributed by atoms with Crippen molar-refractivity contribution in [1.82, 2.24) is 5.32 Å². The van der Waals surface area contributed by atoms with Crippen LogP contribution in [-0.2, 0) is 11.3 Å². The molecule has 0 saturated heterocycles. The van der Waals surface area contributed by atoms with Gasteiger partial charge < -0.3 is 11.1 Å². The third kappa shape index (κ3) is 6.07. The number of carbonyl (C=O) groups excluding carboxylic acids is 1. The van der Waals surface area contributed by atoms with Gasteiger partial charge in [-0.1, -0.05) is 19.1 Å². The van der Waals surface area contributed by atoms with Crippen molar-refractivity contribution in [2.24, 2.45) is 5.73 Å². The van der Waals surface area contributed by atoms with Crippen molar-refractivity contribution in [1.29, 1.82) is 0 Å². The second kappa shape index (κ2) is 8.17. The van der Waals surface area contributed by atoms with E-state index in [1.54, 1.807) is 19.1 Å². The van der Waals surface area contributed by atoms with Crippen LogP contribution in [0.25, 0.3) is 0 Å². The Bertz CT molecular complexity index is 426. The molecule has 0 aromatic heterocycles. The molecule has 0 fully saturated rings. The third-order valence-corrected chi connectivity index (χ3v) is 3.93. The number of aryl methyl sites for hydroxylation is 1. The molecule has 106 valence electrons. The molecule has 1 amide bonds. The van der Waals surface area contributed by atoms with E-state index < -0.39 is 0 Å². The van der Waals surface area contributed by atoms with Crippen LogP contribution in [0.4, 0.5) is 4.39 Å². The minimum absolute atomic E-state index is 0.0183. The maximum atomic E-state index is 13.1. The molecule has 0 aliphatic rings. The fourth-order valence-corrected chi connectivity index (χ4v) is 2.43. The topological polar surface area (TPSA) is 55.1 Å². The molecule has 1 rings (SSSR count). The average molecular weight is 284 g/mol. The first kappa shape index (κ1) is 16.0. The van der Waals surface area contributed by atoms with Gasteiger partial charge in [0.2, 0.25) is 5.91 Å². The molecule has 3 nitrogen and oxygen atoms in total. The molecule has 3 N–H and O–H groups in total. The van der Waals surface area contributed by atoms with E-state index in [0.29, 0.717) is 17.9 Å². The minimum Gasteiger partial charge on any atom is -0.351 e. The van der Waals surface area contributed by atoms with Crippen molar-refractivity contribution in [2.75, 3.05) is 11.5 Å². The van der Waals surface area contributed by atoms with Crippen molar-refractivity contribution in [2.45, 2.75) is 32.9 Å². The lowest BCUT2D eigenvalue weighted by Gasteiger charge is -2.09. The Labute approximate surface area is 118 Å². The summed E-state index contributed by atoms with van der Waals surface area (Å²) in [6.45, 7) is 4.17. The van der Waals surface area contributed by atoms with Gasteiger partial charge in [-0.3, -0.25) is 4.79 Å². The fourth-order valence-electron chi connectivity index (χ4n) is 1.49. The Morgan fingerprint density at radius 2 is 2.26 bits per heavy atom. The normalized spacial score (nSPS) is 12.2. The maximum absolute atomic E-state index is 13.1. The van der Waals surface area contributed by atoms with E-state index in [-0.39, 0.29) is 17.8 Å². The minimum atomic E-state index is -0.223. The van der Waals surface area contributed by atoms with Gasteiger partial charge in [-0.15, -0.1) is 0 Å². The first-order valence-electron chi connectivity index (χ1n) is 6.38. The number of nitrogens with two attached hydrogens (primary N) is 1. The Morgan fingerprint density at radius 1 is 1.53 bits per heavy atom. The molecule has 1 aromatic carbocycles. The molecule has 0 radical (unpaired) electrons. The summed E-state index contributed by atoms with van der Waals surface area (Å²) >= 11 is 1.54. The number of thioether (sulfide) groups is 1. The summed E-state index contributed by atoms with van der Waals surface area (Å²) in [6, 6.07) is 5.00. The molecule has 5 heteroatoms. The summed E-state index contributed by atoms with van der Waals surface area (Å²) in [7, 11) is 0. The number of amides is 1. The molecule has 0 aliphatic carbocycles. The van der Waals surface area contributed by atoms with Crippen LogP contribution >= 0.6 is 11.8 Å². The molecular formula is C14H21FN2OS. The second-order valence-electron chi connectivity index (χ2n) is 4.54. The zero-order chi connectivity index (χ0) is 14.3. The van der Waals surface area contributed by atoms with Crippen molar-refractivity contribution in [3.05, 3.63) is 35.1 Å². The molecule has 0 heterocycles. The molecular weight excluding hydrogens is 263 g/mol. The predicted octanol–water partition coefficient (Wildman–Crippen LogP) is 2.22. The molecule has 0 aliphatic heterocycles. The zero-order valence-electron chi connectivity index (χ0n) is 11.4. The van der Waals surface area contributed by atoms with E-state index in [1.807, 2.05) is 6.92 Å². The predicted molar refractivity (Wildman–Crippen MR) is 78.6 cm³/mol. The summed E-state index contributed by atoms with van der Waals surface area (Å²) < 4.78 is 13.1. The molecule has 0 saturated carbocycles. The first-order valence-corrected chi connectivity index (χ1v) is 7.53. The van der Waals surface area contributed by atoms with E-state index in [2.05, 4.69) is 5.32 Å². The van der Waals surface area contributed by atoms with E-state index in [9.17, 15) is 9.18 Å². The average Bonchev–Trinajstić information content (AvgIpc) is 2.40. The van der Waals surface area contributed by atoms with Crippen molar-refractivity contribution in [3.8, 4) is 0 Å². The van der Waals surface area contributed by atoms with Crippen molar-refractivity contribution < 1.29 is 9.18 Å². The highest BCUT2D eigenvalue weighted by molar-refractivity contribution is 7.99. The standard InChI is InChI=1S/C14H21FN2OS/c1-3-12(16)8-19-9-14(18)17-7-11-4-5-13(15)10(2)6-11/h4-6,12H,3,7-9,16H2,1-2H3,(H,17,18). The Hall–Kier alpha value is -1.07. The van der Waals surface area contributed by atoms with E-state index in [1.165, 1.54) is 17.8 Å². The Balaban J connectivity index is 2.28. The molecule has 0 spiro atoms. The van der Waals surface area contributed by atoms with Crippen molar-refractivity contribution in [3.63, 3.8) is 0 Å². The number of benzene rings is 1. The van der Waals surface area contributed by atoms with Crippen LogP contribution in [0.5, 0.6) is 0 Å². The van der Waals surface area contributed by atoms with Gasteiger partial charge in [0.1, 0.15) is 5.82 Å². The summed E-state index contributed by atoms with van der Waals surface area (Å²) in [5, 5.41) is 2.81. The van der Waals surface area contributed by atoms with E-state index >= 15 is 0 Å². The summed E-state index contributed by atoms with van der Waals surface area (Å²) in [6.07, 6.45) is 0.920. The van der Waals surface area contributed by atoms with E-state index in [0.717, 1.165) is 17.7 Å². The number of hydrogen-bond donors (Lipinski definition) is 2. The van der Waals surface area contributed by atoms with Crippen LogP contribution in [0.2, 0.25) is 0 Å². The van der Waals surface area contributed by atoms with Gasteiger partial charge in [0.25, 0.3) is 0 Å². The quantitative estimate of drug-likeness (QED) is 0.807. The number of hydrogen-bond acceptors (Lipinski definition) is 3. The van der Waals surface area contributed by atoms with Crippen LogP contribution in [0.1, 0.15) is 24.5 Å². The van der Waals surface area contributed by atoms with Gasteiger partial charge in [-0.25, -0.2) is 4.39 Å². The molecule has 1 aromatic rings. The highest BCUT2D eigenvalue weighted by atomic mass is 32.2. The monoisotopic (exact) mass is 284 g/mol. The zero-order valence-corrected chi connectivity index (χ0v) is 12.2. The summed E-state index contributed by atoms with van der Waals surface area (Å²) in [5.74, 6) is 0.961. The number of rotatable bonds is 7. The molecule has 1 unspecified atom stereocenters. The van der Waals surface area contributed by atoms with Crippen molar-refractivity contribution >= 4 is 17.7 Å². The fraction of sp³-hybridized carbons (Fsp3) is 0.500. The van der Waals surface area contributed by atoms with Gasteiger partial charge in [-0.2, -0.15) is 11.8 Å². The van der Waals surface area contributed by atoms with Crippen LogP contribution in [-0.4, -0.2) is 23.5 Å². The smallest absolute Gasteiger partial charge is 0.230 e. The van der Waals surface area contributed by atoms with Crippen LogP contribution < -0.4 is 11.1 Å². The Kier molecular flexibility index (Phi) is 6.87. The second-order valence-corrected chi connectivity index (χ2v) is 5.57. The lowest BCUT2D eigenvalue weighted by atomic mass is 10.1. The van der Waals surface area contributed by atoms with Gasteiger partial charge in [-0.05, 0) is 30.5 Å². The largest absolute Gasteiger partial charge is 0.351 e. The molecule has 1 atom stereocenters. The SMILES string of the molecule is CCC(N)CSCC(=O)NCc1ccc(F)c(C)c1. The highest BCUT2D eigenvalue weighted by Crippen LogP contribution is 2.09. The number of halogens is 1. The number of carbonyl (C=O) groups is 1. The maximum Gasteiger partial charge on any atom is 0.230 e. The summed E-state index contributed by atoms with van der Waals surface area (Å²) in [4.78, 5) is 11.6. The lowest BCUT2D eigenvalue weighted by Crippen LogP contribution is -2.27. The molecule has 19 heavy (non-hydrogen) atoms. The lowest BCUT2D eigenvalue weighted by molar-refractivity contribution is -0.118. The van der Waals surface area contributed by atoms with Gasteiger partial charge in [0.05, 0.1) is 5.75 Å². The summed E-state index contributed by atoms with van der Waals surface area (Å²) in [5.41, 5.74) is 7.26. The van der Waals surface area contributed by atoms with Crippen LogP contribution in [0.15, 0.2) is 18.2 Å². The highest BCUT2D eigenvalue weighted by Gasteiger charge is 2.05. The first-order chi connectivity index (χ1) is 9.02. The Morgan fingerprint density at radius 3 is 2.89 bits per heavy atom. The molecule has 0 bridgehead atoms. The van der Waals surface area contributed by atoms with Gasteiger partial charge >= 0.3 is 0 Å².